The minimum atomic E-state index is -0.987. The molecule has 0 aromatic carbocycles. The fourth-order valence-corrected chi connectivity index (χ4v) is 2.76. The van der Waals surface area contributed by atoms with Gasteiger partial charge in [0.1, 0.15) is 0 Å². The molecule has 1 heterocycles. The van der Waals surface area contributed by atoms with Gasteiger partial charge in [0, 0.05) is 12.8 Å². The Bertz CT molecular complexity index is 241. The lowest BCUT2D eigenvalue weighted by atomic mass is 9.76. The number of esters is 1. The lowest BCUT2D eigenvalue weighted by molar-refractivity contribution is -0.179. The molecule has 0 radical (unpaired) electrons. The molecule has 1 N–H and O–H groups in total. The highest BCUT2D eigenvalue weighted by atomic mass is 16.5. The van der Waals surface area contributed by atoms with E-state index in [0.717, 1.165) is 0 Å². The number of hydrogen-bond donors (Lipinski definition) is 1. The summed E-state index contributed by atoms with van der Waals surface area (Å²) in [4.78, 5) is 11.6. The molecule has 1 aliphatic rings. The van der Waals surface area contributed by atoms with Crippen molar-refractivity contribution in [3.8, 4) is 0 Å². The zero-order valence-corrected chi connectivity index (χ0v) is 10.5. The summed E-state index contributed by atoms with van der Waals surface area (Å²) in [6.07, 6.45) is 1.53. The number of rotatable bonds is 3. The van der Waals surface area contributed by atoms with Gasteiger partial charge in [-0.2, -0.15) is 0 Å². The first kappa shape index (κ1) is 13.5. The van der Waals surface area contributed by atoms with Crippen molar-refractivity contribution in [1.29, 1.82) is 0 Å². The Morgan fingerprint density at radius 2 is 2.00 bits per heavy atom. The molecule has 1 aliphatic heterocycles. The van der Waals surface area contributed by atoms with Gasteiger partial charge in [-0.1, -0.05) is 6.92 Å². The van der Waals surface area contributed by atoms with Gasteiger partial charge in [0.25, 0.3) is 0 Å². The van der Waals surface area contributed by atoms with E-state index in [9.17, 15) is 9.90 Å². The van der Waals surface area contributed by atoms with Gasteiger partial charge < -0.3 is 14.6 Å². The third kappa shape index (κ3) is 2.74. The minimum Gasteiger partial charge on any atom is -0.469 e. The highest BCUT2D eigenvalue weighted by Crippen LogP contribution is 2.36. The Hall–Kier alpha value is -0.610. The van der Waals surface area contributed by atoms with Crippen molar-refractivity contribution in [2.24, 2.45) is 5.92 Å². The van der Waals surface area contributed by atoms with Crippen LogP contribution in [-0.2, 0) is 14.3 Å². The van der Waals surface area contributed by atoms with Crippen LogP contribution in [0.1, 0.15) is 40.0 Å². The van der Waals surface area contributed by atoms with Crippen LogP contribution in [0.2, 0.25) is 0 Å². The minimum absolute atomic E-state index is 0.0209. The molecule has 16 heavy (non-hydrogen) atoms. The molecule has 4 heteroatoms. The molecule has 0 aliphatic carbocycles. The van der Waals surface area contributed by atoms with Crippen LogP contribution in [0, 0.1) is 5.92 Å². The van der Waals surface area contributed by atoms with E-state index in [1.165, 1.54) is 7.11 Å². The fraction of sp³-hybridized carbons (Fsp3) is 0.917. The molecule has 1 saturated heterocycles. The Kier molecular flexibility index (Phi) is 4.33. The molecule has 0 saturated carbocycles. The van der Waals surface area contributed by atoms with Gasteiger partial charge in [-0.3, -0.25) is 4.79 Å². The molecule has 0 amide bonds. The van der Waals surface area contributed by atoms with Crippen molar-refractivity contribution in [2.45, 2.75) is 57.8 Å². The van der Waals surface area contributed by atoms with E-state index < -0.39 is 11.5 Å². The first-order valence-electron chi connectivity index (χ1n) is 5.88. The standard InChI is InChI=1S/C12H22O4/c1-5-10(11(13)15-4)12(14)6-8(2)16-9(3)7-12/h8-10,14H,5-7H2,1-4H3. The van der Waals surface area contributed by atoms with Gasteiger partial charge in [-0.05, 0) is 20.3 Å². The molecule has 94 valence electrons. The smallest absolute Gasteiger partial charge is 0.311 e. The summed E-state index contributed by atoms with van der Waals surface area (Å²) in [6, 6.07) is 0. The lowest BCUT2D eigenvalue weighted by Crippen LogP contribution is -2.51. The fourth-order valence-electron chi connectivity index (χ4n) is 2.76. The molecule has 3 atom stereocenters. The number of methoxy groups -OCH3 is 1. The zero-order valence-electron chi connectivity index (χ0n) is 10.5. The van der Waals surface area contributed by atoms with E-state index in [2.05, 4.69) is 0 Å². The van der Waals surface area contributed by atoms with Crippen LogP contribution >= 0.6 is 0 Å². The number of hydrogen-bond acceptors (Lipinski definition) is 4. The molecule has 4 nitrogen and oxygen atoms in total. The van der Waals surface area contributed by atoms with Crippen molar-refractivity contribution in [1.82, 2.24) is 0 Å². The number of aliphatic hydroxyl groups is 1. The molecule has 1 rings (SSSR count). The van der Waals surface area contributed by atoms with Gasteiger partial charge in [-0.25, -0.2) is 0 Å². The second-order valence-corrected chi connectivity index (χ2v) is 4.75. The first-order valence-corrected chi connectivity index (χ1v) is 5.88. The Morgan fingerprint density at radius 1 is 1.50 bits per heavy atom. The predicted molar refractivity (Wildman–Crippen MR) is 60.0 cm³/mol. The van der Waals surface area contributed by atoms with Crippen LogP contribution in [-0.4, -0.2) is 36.0 Å². The lowest BCUT2D eigenvalue weighted by Gasteiger charge is -2.42. The molecule has 0 spiro atoms. The number of carbonyl (C=O) groups excluding carboxylic acids is 1. The van der Waals surface area contributed by atoms with Gasteiger partial charge in [-0.15, -0.1) is 0 Å². The molecule has 0 aromatic heterocycles. The highest BCUT2D eigenvalue weighted by Gasteiger charge is 2.46. The van der Waals surface area contributed by atoms with Crippen molar-refractivity contribution in [3.63, 3.8) is 0 Å². The summed E-state index contributed by atoms with van der Waals surface area (Å²) in [5, 5.41) is 10.6. The van der Waals surface area contributed by atoms with Crippen LogP contribution in [0.5, 0.6) is 0 Å². The van der Waals surface area contributed by atoms with Gasteiger partial charge in [0.05, 0.1) is 30.8 Å². The molecular formula is C12H22O4. The quantitative estimate of drug-likeness (QED) is 0.747. The second kappa shape index (κ2) is 5.15. The van der Waals surface area contributed by atoms with Gasteiger partial charge >= 0.3 is 5.97 Å². The van der Waals surface area contributed by atoms with Crippen LogP contribution in [0.25, 0.3) is 0 Å². The topological polar surface area (TPSA) is 55.8 Å². The predicted octanol–water partition coefficient (Wildman–Crippen LogP) is 1.50. The normalized spacial score (nSPS) is 36.8. The number of ether oxygens (including phenoxy) is 2. The summed E-state index contributed by atoms with van der Waals surface area (Å²) >= 11 is 0. The van der Waals surface area contributed by atoms with E-state index in [-0.39, 0.29) is 18.2 Å². The zero-order chi connectivity index (χ0) is 12.3. The first-order chi connectivity index (χ1) is 7.42. The Morgan fingerprint density at radius 3 is 2.38 bits per heavy atom. The summed E-state index contributed by atoms with van der Waals surface area (Å²) in [6.45, 7) is 5.74. The Labute approximate surface area is 96.9 Å². The number of carbonyl (C=O) groups is 1. The summed E-state index contributed by atoms with van der Waals surface area (Å²) < 4.78 is 10.3. The van der Waals surface area contributed by atoms with E-state index >= 15 is 0 Å². The molecule has 1 fully saturated rings. The Balaban J connectivity index is 2.84. The van der Waals surface area contributed by atoms with E-state index in [0.29, 0.717) is 19.3 Å². The summed E-state index contributed by atoms with van der Waals surface area (Å²) in [5.74, 6) is -0.780. The van der Waals surface area contributed by atoms with Crippen LogP contribution < -0.4 is 0 Å². The SMILES string of the molecule is CCC(C(=O)OC)C1(O)CC(C)OC(C)C1. The van der Waals surface area contributed by atoms with E-state index in [1.54, 1.807) is 0 Å². The summed E-state index contributed by atoms with van der Waals surface area (Å²) in [7, 11) is 1.36. The molecular weight excluding hydrogens is 208 g/mol. The average molecular weight is 230 g/mol. The van der Waals surface area contributed by atoms with Crippen LogP contribution in [0.15, 0.2) is 0 Å². The van der Waals surface area contributed by atoms with Crippen LogP contribution in [0.4, 0.5) is 0 Å². The summed E-state index contributed by atoms with van der Waals surface area (Å²) in [5.41, 5.74) is -0.987. The average Bonchev–Trinajstić information content (AvgIpc) is 2.15. The van der Waals surface area contributed by atoms with Gasteiger partial charge in [0.2, 0.25) is 0 Å². The van der Waals surface area contributed by atoms with E-state index in [4.69, 9.17) is 9.47 Å². The third-order valence-electron chi connectivity index (χ3n) is 3.29. The van der Waals surface area contributed by atoms with E-state index in [1.807, 2.05) is 20.8 Å². The van der Waals surface area contributed by atoms with Crippen molar-refractivity contribution in [3.05, 3.63) is 0 Å². The van der Waals surface area contributed by atoms with Crippen molar-refractivity contribution < 1.29 is 19.4 Å². The monoisotopic (exact) mass is 230 g/mol. The van der Waals surface area contributed by atoms with Crippen molar-refractivity contribution >= 4 is 5.97 Å². The largest absolute Gasteiger partial charge is 0.469 e. The van der Waals surface area contributed by atoms with Gasteiger partial charge in [0.15, 0.2) is 0 Å². The maximum atomic E-state index is 11.6. The van der Waals surface area contributed by atoms with Crippen LogP contribution in [0.3, 0.4) is 0 Å². The second-order valence-electron chi connectivity index (χ2n) is 4.75. The maximum Gasteiger partial charge on any atom is 0.311 e. The van der Waals surface area contributed by atoms with Crippen molar-refractivity contribution in [2.75, 3.05) is 7.11 Å². The molecule has 3 unspecified atom stereocenters. The maximum absolute atomic E-state index is 11.6. The molecule has 0 bridgehead atoms. The third-order valence-corrected chi connectivity index (χ3v) is 3.29. The highest BCUT2D eigenvalue weighted by molar-refractivity contribution is 5.73. The molecule has 0 aromatic rings.